The molecule has 0 aliphatic carbocycles. The van der Waals surface area contributed by atoms with Crippen molar-refractivity contribution in [2.75, 3.05) is 20.3 Å². The van der Waals surface area contributed by atoms with E-state index in [0.29, 0.717) is 52.9 Å². The lowest BCUT2D eigenvalue weighted by atomic mass is 9.86. The minimum Gasteiger partial charge on any atom is -0.496 e. The van der Waals surface area contributed by atoms with E-state index < -0.39 is 0 Å². The minimum absolute atomic E-state index is 0.164. The summed E-state index contributed by atoms with van der Waals surface area (Å²) in [5, 5.41) is 0. The van der Waals surface area contributed by atoms with Crippen molar-refractivity contribution in [3.05, 3.63) is 461 Å². The van der Waals surface area contributed by atoms with E-state index in [1.165, 1.54) is 145 Å². The molecule has 0 spiro atoms. The van der Waals surface area contributed by atoms with Crippen LogP contribution in [0.3, 0.4) is 0 Å². The van der Waals surface area contributed by atoms with E-state index in [9.17, 15) is 4.39 Å². The van der Waals surface area contributed by atoms with Crippen LogP contribution in [0.15, 0.2) is 388 Å². The van der Waals surface area contributed by atoms with Crippen LogP contribution in [0.1, 0.15) is 279 Å². The number of hydrogen-bond donors (Lipinski definition) is 0. The van der Waals surface area contributed by atoms with Crippen LogP contribution in [-0.2, 0) is 11.8 Å². The Morgan fingerprint density at radius 2 is 0.489 bits per heavy atom. The molecule has 0 unspecified atom stereocenters. The lowest BCUT2D eigenvalue weighted by Crippen LogP contribution is -2.10. The zero-order valence-electron chi connectivity index (χ0n) is 88.2. The van der Waals surface area contributed by atoms with Crippen molar-refractivity contribution < 1.29 is 18.6 Å². The monoisotopic (exact) mass is 1850 g/mol. The first-order valence-corrected chi connectivity index (χ1v) is 50.7. The summed E-state index contributed by atoms with van der Waals surface area (Å²) in [4.78, 5) is 0. The molecule has 0 heterocycles. The van der Waals surface area contributed by atoms with Gasteiger partial charge in [0.25, 0.3) is 0 Å². The van der Waals surface area contributed by atoms with Gasteiger partial charge in [-0.2, -0.15) is 0 Å². The predicted molar refractivity (Wildman–Crippen MR) is 603 cm³/mol. The Morgan fingerprint density at radius 1 is 0.237 bits per heavy atom. The number of rotatable bonds is 24. The van der Waals surface area contributed by atoms with Crippen molar-refractivity contribution in [3.63, 3.8) is 0 Å². The van der Waals surface area contributed by atoms with E-state index in [-0.39, 0.29) is 11.2 Å². The highest BCUT2D eigenvalue weighted by Gasteiger charge is 2.16. The molecule has 0 aliphatic rings. The van der Waals surface area contributed by atoms with E-state index in [4.69, 9.17) is 14.2 Å². The van der Waals surface area contributed by atoms with Gasteiger partial charge in [0, 0.05) is 11.1 Å². The largest absolute Gasteiger partial charge is 0.496 e. The van der Waals surface area contributed by atoms with Gasteiger partial charge in [-0.3, -0.25) is 0 Å². The maximum atomic E-state index is 13.6. The van der Waals surface area contributed by atoms with Crippen molar-refractivity contribution in [2.45, 2.75) is 238 Å². The fourth-order valence-electron chi connectivity index (χ4n) is 15.8. The summed E-state index contributed by atoms with van der Waals surface area (Å²) in [6.45, 7) is 54.5. The average molecular weight is 1850 g/mol. The third kappa shape index (κ3) is 35.4. The zero-order valence-corrected chi connectivity index (χ0v) is 88.2. The van der Waals surface area contributed by atoms with Crippen molar-refractivity contribution >= 4 is 0 Å². The van der Waals surface area contributed by atoms with E-state index in [1.54, 1.807) is 13.2 Å². The Labute approximate surface area is 838 Å². The summed E-state index contributed by atoms with van der Waals surface area (Å²) in [6.07, 6.45) is 3.18. The van der Waals surface area contributed by atoms with Crippen LogP contribution in [0, 0.1) is 19.7 Å². The second-order valence-corrected chi connectivity index (χ2v) is 39.8. The molecule has 4 heteroatoms. The van der Waals surface area contributed by atoms with Crippen LogP contribution in [0.2, 0.25) is 0 Å². The average Bonchev–Trinajstić information content (AvgIpc) is 0.833. The van der Waals surface area contributed by atoms with Gasteiger partial charge in [-0.15, -0.1) is 0 Å². The van der Waals surface area contributed by atoms with Crippen LogP contribution in [0.25, 0.3) is 89.0 Å². The molecule has 0 N–H and O–H groups in total. The van der Waals surface area contributed by atoms with E-state index in [0.717, 1.165) is 60.9 Å². The van der Waals surface area contributed by atoms with Crippen LogP contribution < -0.4 is 14.2 Å². The molecule has 16 rings (SSSR count). The van der Waals surface area contributed by atoms with Gasteiger partial charge in [0.15, 0.2) is 0 Å². The molecule has 0 saturated heterocycles. The van der Waals surface area contributed by atoms with Crippen molar-refractivity contribution in [2.24, 2.45) is 0 Å². The van der Waals surface area contributed by atoms with Crippen molar-refractivity contribution in [1.29, 1.82) is 0 Å². The third-order valence-corrected chi connectivity index (χ3v) is 24.9. The maximum Gasteiger partial charge on any atom is 0.131 e. The first-order valence-electron chi connectivity index (χ1n) is 50.7. The number of para-hydroxylation sites is 1. The summed E-state index contributed by atoms with van der Waals surface area (Å²) in [6, 6.07) is 136. The topological polar surface area (TPSA) is 27.7 Å². The molecule has 16 aromatic carbocycles. The summed E-state index contributed by atoms with van der Waals surface area (Å²) < 4.78 is 30.2. The zero-order chi connectivity index (χ0) is 101. The highest BCUT2D eigenvalue weighted by atomic mass is 19.1. The van der Waals surface area contributed by atoms with Crippen LogP contribution in [0.5, 0.6) is 17.2 Å². The molecular weight excluding hydrogens is 1690 g/mol. The van der Waals surface area contributed by atoms with E-state index >= 15 is 0 Å². The number of ether oxygens (including phenoxy) is 3. The van der Waals surface area contributed by atoms with Gasteiger partial charge in [0.05, 0.1) is 20.3 Å². The van der Waals surface area contributed by atoms with Crippen LogP contribution >= 0.6 is 0 Å². The second-order valence-electron chi connectivity index (χ2n) is 39.8. The summed E-state index contributed by atoms with van der Waals surface area (Å²) >= 11 is 0. The molecule has 139 heavy (non-hydrogen) atoms. The van der Waals surface area contributed by atoms with Gasteiger partial charge in [0.2, 0.25) is 0 Å². The van der Waals surface area contributed by atoms with Crippen molar-refractivity contribution in [3.8, 4) is 106 Å². The number of benzene rings is 16. The standard InChI is InChI=1S/C19H24.2C18H22O.C17H20.C16H18O.2C16H18.C15H15F/c1-14(2)16-7-6-8-17(13-16)15-9-11-18(12-10-15)19(3,4)5;2*1-4-12-19-18-10-8-15(9-11-18)17-7-5-6-16(13-17)14(2)3;1-4-14-8-10-15(11-9-14)17-7-5-6-16(12-17)13(2)3;1-12(2)13-7-6-8-14(11-13)15-9-4-5-10-16(15)17-3;1-12(2)14-7-5-9-16(11-14)15-8-4-6-13(3)10-15;1-12(2)15-5-4-6-16(11-15)14-9-7-13(3)8-10-14;1-11(2)12-6-5-7-13(10-12)14-8-3-4-9-15(14)16/h6-14H,1-5H3;2*5-11,13-14H,4,12H2,1-3H3;5-13H,4H2,1-3H3;4-12H,1-3H3;2*4-12H,1-3H3;3-11H,1-2H3. The number of hydrogen-bond acceptors (Lipinski definition) is 3. The summed E-state index contributed by atoms with van der Waals surface area (Å²) in [5.41, 5.74) is 36.1. The quantitative estimate of drug-likeness (QED) is 0.0603. The Balaban J connectivity index is 0.000000178. The second kappa shape index (κ2) is 56.0. The summed E-state index contributed by atoms with van der Waals surface area (Å²) in [7, 11) is 1.71. The highest BCUT2D eigenvalue weighted by Crippen LogP contribution is 2.36. The van der Waals surface area contributed by atoms with E-state index in [2.05, 4.69) is 476 Å². The minimum atomic E-state index is -0.164. The molecule has 0 saturated carbocycles. The van der Waals surface area contributed by atoms with Crippen molar-refractivity contribution in [1.82, 2.24) is 0 Å². The molecule has 0 radical (unpaired) electrons. The molecule has 0 fully saturated rings. The third-order valence-electron chi connectivity index (χ3n) is 24.9. The predicted octanol–water partition coefficient (Wildman–Crippen LogP) is 40.0. The van der Waals surface area contributed by atoms with Crippen LogP contribution in [0.4, 0.5) is 4.39 Å². The van der Waals surface area contributed by atoms with Gasteiger partial charge >= 0.3 is 0 Å². The molecule has 0 amide bonds. The molecule has 0 bridgehead atoms. The maximum absolute atomic E-state index is 13.6. The Bertz CT molecular complexity index is 6190. The lowest BCUT2D eigenvalue weighted by molar-refractivity contribution is 0.317. The van der Waals surface area contributed by atoms with Gasteiger partial charge in [-0.25, -0.2) is 4.39 Å². The Kier molecular flexibility index (Phi) is 44.1. The van der Waals surface area contributed by atoms with Crippen LogP contribution in [-0.4, -0.2) is 20.3 Å². The molecule has 0 aromatic heterocycles. The first-order chi connectivity index (χ1) is 66.7. The lowest BCUT2D eigenvalue weighted by Gasteiger charge is -2.19. The normalized spacial score (nSPS) is 10.9. The number of aryl methyl sites for hydroxylation is 3. The van der Waals surface area contributed by atoms with E-state index in [1.807, 2.05) is 66.7 Å². The van der Waals surface area contributed by atoms with Gasteiger partial charge in [-0.1, -0.05) is 515 Å². The smallest absolute Gasteiger partial charge is 0.131 e. The van der Waals surface area contributed by atoms with Gasteiger partial charge in [0.1, 0.15) is 23.1 Å². The fraction of sp³-hybridized carbons (Fsp3) is 0.289. The summed E-state index contributed by atoms with van der Waals surface area (Å²) in [5.74, 6) is 7.14. The highest BCUT2D eigenvalue weighted by molar-refractivity contribution is 5.73. The number of methoxy groups -OCH3 is 1. The molecule has 16 aromatic rings. The molecular formula is C135H157FO3. The van der Waals surface area contributed by atoms with Gasteiger partial charge in [-0.05, 0) is 256 Å². The first kappa shape index (κ1) is 109. The molecule has 722 valence electrons. The molecule has 0 atom stereocenters. The molecule has 3 nitrogen and oxygen atoms in total. The fourth-order valence-corrected chi connectivity index (χ4v) is 15.8. The van der Waals surface area contributed by atoms with Gasteiger partial charge < -0.3 is 14.2 Å². The number of halogens is 1. The SMILES string of the molecule is CC(C)c1cccc(-c2ccc(C(C)(C)C)cc2)c1.CC(C)c1cccc(-c2ccccc2F)c1.CCCOc1ccc(-c2cccc(C(C)C)c2)cc1.CCCOc1ccc(-c2cccc(C(C)C)c2)cc1.CCc1ccc(-c2cccc(C(C)C)c2)cc1.COc1ccccc1-c1cccc(C(C)C)c1.Cc1ccc(-c2cccc(C(C)C)c2)cc1.Cc1cccc(-c2cccc(C(C)C)c2)c1. The molecule has 0 aliphatic heterocycles. The Hall–Kier alpha value is -13.2. The Morgan fingerprint density at radius 3 is 0.777 bits per heavy atom.